The first kappa shape index (κ1) is 16.3. The van der Waals surface area contributed by atoms with E-state index in [2.05, 4.69) is 6.92 Å². The third-order valence-corrected chi connectivity index (χ3v) is 5.41. The summed E-state index contributed by atoms with van der Waals surface area (Å²) in [5, 5.41) is 10.5. The van der Waals surface area contributed by atoms with E-state index in [1.54, 1.807) is 6.08 Å². The lowest BCUT2D eigenvalue weighted by Gasteiger charge is -2.14. The number of hydrogen-bond acceptors (Lipinski definition) is 6. The van der Waals surface area contributed by atoms with Crippen LogP contribution in [0.3, 0.4) is 0 Å². The number of carbonyl (C=O) groups is 2. The molecule has 1 amide bonds. The topological polar surface area (TPSA) is 73.6 Å². The highest BCUT2D eigenvalue weighted by molar-refractivity contribution is 8.26. The summed E-state index contributed by atoms with van der Waals surface area (Å²) in [5.74, 6) is 1.45. The summed E-state index contributed by atoms with van der Waals surface area (Å²) in [5.41, 5.74) is 0. The maximum absolute atomic E-state index is 12.3. The third-order valence-electron chi connectivity index (χ3n) is 4.03. The molecule has 1 aromatic heterocycles. The fourth-order valence-corrected chi connectivity index (χ4v) is 3.86. The number of furan rings is 1. The normalized spacial score (nSPS) is 25.4. The maximum atomic E-state index is 12.3. The van der Waals surface area contributed by atoms with E-state index in [1.807, 2.05) is 12.1 Å². The number of hydrogen-bond donors (Lipinski definition) is 0. The molecular formula is C16H16NO4S2-. The van der Waals surface area contributed by atoms with Crippen molar-refractivity contribution in [3.63, 3.8) is 0 Å². The molecule has 0 bridgehead atoms. The van der Waals surface area contributed by atoms with Crippen molar-refractivity contribution in [3.8, 4) is 0 Å². The Hall–Kier alpha value is -1.60. The average molecular weight is 350 g/mol. The predicted octanol–water partition coefficient (Wildman–Crippen LogP) is 2.13. The predicted molar refractivity (Wildman–Crippen MR) is 89.4 cm³/mol. The molecule has 5 nitrogen and oxygen atoms in total. The summed E-state index contributed by atoms with van der Waals surface area (Å²) in [6, 6.07) is 3.82. The zero-order valence-electron chi connectivity index (χ0n) is 12.6. The summed E-state index contributed by atoms with van der Waals surface area (Å²) < 4.78 is 6.23. The van der Waals surface area contributed by atoms with Crippen LogP contribution >= 0.6 is 24.0 Å². The summed E-state index contributed by atoms with van der Waals surface area (Å²) in [4.78, 5) is 24.7. The average Bonchev–Trinajstić information content (AvgIpc) is 2.93. The lowest BCUT2D eigenvalue weighted by molar-refractivity contribution is -0.305. The monoisotopic (exact) mass is 350 g/mol. The van der Waals surface area contributed by atoms with Gasteiger partial charge >= 0.3 is 0 Å². The van der Waals surface area contributed by atoms with Crippen LogP contribution in [-0.4, -0.2) is 27.6 Å². The first-order chi connectivity index (χ1) is 11.0. The van der Waals surface area contributed by atoms with E-state index in [0.717, 1.165) is 12.2 Å². The van der Waals surface area contributed by atoms with Gasteiger partial charge in [-0.1, -0.05) is 30.9 Å². The molecule has 1 aliphatic heterocycles. The van der Waals surface area contributed by atoms with Crippen molar-refractivity contribution in [1.29, 1.82) is 0 Å². The first-order valence-corrected chi connectivity index (χ1v) is 8.73. The number of rotatable bonds is 6. The fourth-order valence-electron chi connectivity index (χ4n) is 2.57. The number of carboxylic acid groups (broad SMARTS) is 1. The second kappa shape index (κ2) is 6.49. The molecule has 23 heavy (non-hydrogen) atoms. The van der Waals surface area contributed by atoms with Crippen LogP contribution in [0.1, 0.15) is 43.6 Å². The van der Waals surface area contributed by atoms with Crippen molar-refractivity contribution in [3.05, 3.63) is 28.6 Å². The summed E-state index contributed by atoms with van der Waals surface area (Å²) >= 11 is 6.41. The van der Waals surface area contributed by atoms with Crippen molar-refractivity contribution in [1.82, 2.24) is 4.90 Å². The van der Waals surface area contributed by atoms with Gasteiger partial charge in [-0.3, -0.25) is 9.69 Å². The molecule has 1 aliphatic carbocycles. The van der Waals surface area contributed by atoms with Gasteiger partial charge in [0.15, 0.2) is 0 Å². The van der Waals surface area contributed by atoms with Gasteiger partial charge in [0.1, 0.15) is 15.8 Å². The van der Waals surface area contributed by atoms with E-state index >= 15 is 0 Å². The van der Waals surface area contributed by atoms with Crippen molar-refractivity contribution < 1.29 is 19.1 Å². The second-order valence-electron chi connectivity index (χ2n) is 5.87. The molecule has 0 N–H and O–H groups in total. The van der Waals surface area contributed by atoms with E-state index in [1.165, 1.54) is 16.7 Å². The molecule has 1 aromatic rings. The largest absolute Gasteiger partial charge is 0.550 e. The molecule has 0 spiro atoms. The minimum absolute atomic E-state index is 0.0861. The zero-order valence-corrected chi connectivity index (χ0v) is 14.2. The molecule has 1 saturated heterocycles. The van der Waals surface area contributed by atoms with Crippen LogP contribution in [0.4, 0.5) is 0 Å². The molecule has 122 valence electrons. The summed E-state index contributed by atoms with van der Waals surface area (Å²) in [6.07, 6.45) is 3.09. The van der Waals surface area contributed by atoms with Crippen LogP contribution in [0.15, 0.2) is 21.5 Å². The molecule has 0 radical (unpaired) electrons. The maximum Gasteiger partial charge on any atom is 0.266 e. The Labute approximate surface area is 143 Å². The molecule has 2 aliphatic rings. The van der Waals surface area contributed by atoms with E-state index in [-0.39, 0.29) is 12.3 Å². The van der Waals surface area contributed by atoms with Crippen LogP contribution in [0.25, 0.3) is 6.08 Å². The first-order valence-electron chi connectivity index (χ1n) is 7.50. The zero-order chi connectivity index (χ0) is 16.6. The highest BCUT2D eigenvalue weighted by atomic mass is 32.2. The van der Waals surface area contributed by atoms with Gasteiger partial charge in [0.2, 0.25) is 0 Å². The Kier molecular flexibility index (Phi) is 4.59. The number of carboxylic acids is 1. The molecule has 2 heterocycles. The molecule has 1 saturated carbocycles. The number of carbonyl (C=O) groups excluding carboxylic acids is 2. The fraction of sp³-hybridized carbons (Fsp3) is 0.438. The van der Waals surface area contributed by atoms with Crippen LogP contribution in [0.5, 0.6) is 0 Å². The van der Waals surface area contributed by atoms with Crippen molar-refractivity contribution >= 4 is 46.3 Å². The Bertz CT molecular complexity index is 694. The Balaban J connectivity index is 1.66. The summed E-state index contributed by atoms with van der Waals surface area (Å²) in [6.45, 7) is 2.48. The van der Waals surface area contributed by atoms with Gasteiger partial charge in [0, 0.05) is 24.5 Å². The van der Waals surface area contributed by atoms with Crippen LogP contribution in [-0.2, 0) is 9.59 Å². The van der Waals surface area contributed by atoms with E-state index in [9.17, 15) is 14.7 Å². The van der Waals surface area contributed by atoms with Crippen LogP contribution in [0, 0.1) is 5.92 Å². The molecule has 0 aromatic carbocycles. The number of amides is 1. The van der Waals surface area contributed by atoms with Gasteiger partial charge in [-0.25, -0.2) is 0 Å². The van der Waals surface area contributed by atoms with Gasteiger partial charge in [-0.05, 0) is 37.3 Å². The molecular weight excluding hydrogens is 334 g/mol. The van der Waals surface area contributed by atoms with Crippen LogP contribution in [0.2, 0.25) is 0 Å². The number of thiocarbonyl (C=S) groups is 1. The highest BCUT2D eigenvalue weighted by Gasteiger charge is 2.37. The molecule has 2 fully saturated rings. The Morgan fingerprint density at radius 2 is 2.30 bits per heavy atom. The van der Waals surface area contributed by atoms with E-state index in [0.29, 0.717) is 39.8 Å². The minimum atomic E-state index is -1.12. The van der Waals surface area contributed by atoms with Gasteiger partial charge in [0.05, 0.1) is 4.91 Å². The van der Waals surface area contributed by atoms with Crippen molar-refractivity contribution in [2.24, 2.45) is 5.92 Å². The van der Waals surface area contributed by atoms with E-state index in [4.69, 9.17) is 16.6 Å². The van der Waals surface area contributed by atoms with Gasteiger partial charge in [-0.15, -0.1) is 0 Å². The SMILES string of the molecule is C[C@H]1C[C@@H]1c1ccc(/C=C2\SC(=S)N(CCCC(=O)[O-])C2=O)o1. The molecule has 3 rings (SSSR count). The van der Waals surface area contributed by atoms with Crippen LogP contribution < -0.4 is 5.11 Å². The van der Waals surface area contributed by atoms with Gasteiger partial charge < -0.3 is 14.3 Å². The lowest BCUT2D eigenvalue weighted by atomic mass is 10.3. The lowest BCUT2D eigenvalue weighted by Crippen LogP contribution is -2.30. The van der Waals surface area contributed by atoms with Crippen molar-refractivity contribution in [2.45, 2.75) is 32.1 Å². The minimum Gasteiger partial charge on any atom is -0.550 e. The second-order valence-corrected chi connectivity index (χ2v) is 7.54. The number of nitrogens with zero attached hydrogens (tertiary/aromatic N) is 1. The third kappa shape index (κ3) is 3.67. The quantitative estimate of drug-likeness (QED) is 0.578. The highest BCUT2D eigenvalue weighted by Crippen LogP contribution is 2.47. The van der Waals surface area contributed by atoms with Gasteiger partial charge in [0.25, 0.3) is 5.91 Å². The molecule has 0 unspecified atom stereocenters. The molecule has 2 atom stereocenters. The Morgan fingerprint density at radius 1 is 1.57 bits per heavy atom. The molecule has 7 heteroatoms. The van der Waals surface area contributed by atoms with E-state index < -0.39 is 5.97 Å². The number of thioether (sulfide) groups is 1. The smallest absolute Gasteiger partial charge is 0.266 e. The van der Waals surface area contributed by atoms with Crippen molar-refractivity contribution in [2.75, 3.05) is 6.54 Å². The Morgan fingerprint density at radius 3 is 2.96 bits per heavy atom. The number of aliphatic carboxylic acids is 1. The standard InChI is InChI=1S/C16H17NO4S2/c1-9-7-11(9)12-5-4-10(21-12)8-13-15(20)17(16(22)23-13)6-2-3-14(18)19/h4-5,8-9,11H,2-3,6-7H2,1H3,(H,18,19)/p-1/b13-8-/t9-,11-/m0/s1. The summed E-state index contributed by atoms with van der Waals surface area (Å²) in [7, 11) is 0. The van der Waals surface area contributed by atoms with Gasteiger partial charge in [-0.2, -0.15) is 0 Å².